The molecule has 0 fully saturated rings. The Bertz CT molecular complexity index is 1110. The molecule has 30 heavy (non-hydrogen) atoms. The first-order valence-electron chi connectivity index (χ1n) is 10.2. The van der Waals surface area contributed by atoms with Gasteiger partial charge < -0.3 is 9.79 Å². The van der Waals surface area contributed by atoms with Gasteiger partial charge in [0.25, 0.3) is 0 Å². The fourth-order valence-electron chi connectivity index (χ4n) is 3.93. The van der Waals surface area contributed by atoms with Gasteiger partial charge >= 0.3 is 7.60 Å². The summed E-state index contributed by atoms with van der Waals surface area (Å²) >= 11 is 0. The van der Waals surface area contributed by atoms with Crippen molar-refractivity contribution in [1.29, 1.82) is 0 Å². The molecule has 3 rings (SSSR count). The largest absolute Gasteiger partial charge is 0.356 e. The summed E-state index contributed by atoms with van der Waals surface area (Å²) < 4.78 is 12.4. The summed E-state index contributed by atoms with van der Waals surface area (Å²) in [6.45, 7) is 12.9. The lowest BCUT2D eigenvalue weighted by atomic mass is 9.80. The molecule has 0 aromatic heterocycles. The van der Waals surface area contributed by atoms with Crippen LogP contribution < -0.4 is 5.30 Å². The van der Waals surface area contributed by atoms with Gasteiger partial charge in [0, 0.05) is 0 Å². The first-order valence-corrected chi connectivity index (χ1v) is 11.8. The van der Waals surface area contributed by atoms with E-state index in [1.165, 1.54) is 5.56 Å². The summed E-state index contributed by atoms with van der Waals surface area (Å²) in [7, 11) is -4.45. The van der Waals surface area contributed by atoms with Crippen LogP contribution in [-0.2, 0) is 15.4 Å². The van der Waals surface area contributed by atoms with Crippen LogP contribution in [0.3, 0.4) is 0 Å². The second-order valence-corrected chi connectivity index (χ2v) is 11.4. The van der Waals surface area contributed by atoms with Gasteiger partial charge in [-0.2, -0.15) is 0 Å². The van der Waals surface area contributed by atoms with E-state index in [9.17, 15) is 14.4 Å². The maximum atomic E-state index is 12.4. The normalized spacial score (nSPS) is 12.8. The van der Waals surface area contributed by atoms with Crippen LogP contribution >= 0.6 is 7.60 Å². The van der Waals surface area contributed by atoms with Crippen molar-refractivity contribution in [2.75, 3.05) is 0 Å². The minimum absolute atomic E-state index is 0.0536. The van der Waals surface area contributed by atoms with Gasteiger partial charge in [0.2, 0.25) is 0 Å². The molecule has 3 aromatic carbocycles. The van der Waals surface area contributed by atoms with Gasteiger partial charge in [-0.1, -0.05) is 96.1 Å². The van der Waals surface area contributed by atoms with Crippen LogP contribution in [0.15, 0.2) is 66.7 Å². The first kappa shape index (κ1) is 22.5. The molecule has 4 heteroatoms. The third-order valence-corrected chi connectivity index (χ3v) is 6.40. The van der Waals surface area contributed by atoms with E-state index in [0.717, 1.165) is 22.3 Å². The molecule has 0 atom stereocenters. The van der Waals surface area contributed by atoms with Crippen molar-refractivity contribution in [2.45, 2.75) is 52.4 Å². The van der Waals surface area contributed by atoms with Gasteiger partial charge in [0.15, 0.2) is 0 Å². The number of hydrogen-bond donors (Lipinski definition) is 2. The quantitative estimate of drug-likeness (QED) is 0.479. The van der Waals surface area contributed by atoms with Crippen molar-refractivity contribution >= 4 is 12.9 Å². The predicted molar refractivity (Wildman–Crippen MR) is 126 cm³/mol. The average molecular weight is 423 g/mol. The maximum Gasteiger partial charge on any atom is 0.356 e. The highest BCUT2D eigenvalue weighted by Gasteiger charge is 2.27. The highest BCUT2D eigenvalue weighted by atomic mass is 31.2. The molecule has 0 saturated heterocycles. The fraction of sp³-hybridized carbons (Fsp3) is 0.308. The highest BCUT2D eigenvalue weighted by Crippen LogP contribution is 2.43. The smallest absolute Gasteiger partial charge is 0.321 e. The van der Waals surface area contributed by atoms with Crippen molar-refractivity contribution in [1.82, 2.24) is 0 Å². The second-order valence-electron chi connectivity index (χ2n) is 9.87. The third-order valence-electron chi connectivity index (χ3n) is 5.38. The average Bonchev–Trinajstić information content (AvgIpc) is 2.65. The summed E-state index contributed by atoms with van der Waals surface area (Å²) in [6.07, 6.45) is 0. The van der Waals surface area contributed by atoms with E-state index < -0.39 is 7.60 Å². The maximum absolute atomic E-state index is 12.4. The number of rotatable bonds is 3. The van der Waals surface area contributed by atoms with E-state index in [0.29, 0.717) is 5.56 Å². The van der Waals surface area contributed by atoms with E-state index in [-0.39, 0.29) is 16.1 Å². The Balaban J connectivity index is 2.35. The molecular formula is C26H31O3P. The van der Waals surface area contributed by atoms with Crippen LogP contribution in [0.1, 0.15) is 52.7 Å². The zero-order valence-corrected chi connectivity index (χ0v) is 19.5. The summed E-state index contributed by atoms with van der Waals surface area (Å²) in [5.41, 5.74) is 5.52. The molecule has 0 saturated carbocycles. The minimum atomic E-state index is -4.45. The molecule has 3 nitrogen and oxygen atoms in total. The van der Waals surface area contributed by atoms with Crippen LogP contribution in [0.5, 0.6) is 0 Å². The van der Waals surface area contributed by atoms with Gasteiger partial charge in [-0.3, -0.25) is 4.57 Å². The van der Waals surface area contributed by atoms with Gasteiger partial charge in [-0.05, 0) is 56.3 Å². The minimum Gasteiger partial charge on any atom is -0.321 e. The Morgan fingerprint density at radius 3 is 1.60 bits per heavy atom. The first-order chi connectivity index (χ1) is 13.8. The molecular weight excluding hydrogens is 391 g/mol. The van der Waals surface area contributed by atoms with E-state index in [1.807, 2.05) is 48.5 Å². The van der Waals surface area contributed by atoms with Crippen LogP contribution in [0.25, 0.3) is 22.3 Å². The van der Waals surface area contributed by atoms with E-state index in [2.05, 4.69) is 53.7 Å². The lowest BCUT2D eigenvalue weighted by Crippen LogP contribution is -2.16. The Labute approximate surface area is 180 Å². The van der Waals surface area contributed by atoms with Crippen molar-refractivity contribution in [3.8, 4) is 22.3 Å². The Hall–Kier alpha value is -2.19. The summed E-state index contributed by atoms with van der Waals surface area (Å²) in [6, 6.07) is 21.5. The second kappa shape index (κ2) is 7.81. The molecule has 2 N–H and O–H groups in total. The lowest BCUT2D eigenvalue weighted by molar-refractivity contribution is 0.387. The van der Waals surface area contributed by atoms with Crippen LogP contribution in [-0.4, -0.2) is 9.79 Å². The highest BCUT2D eigenvalue weighted by molar-refractivity contribution is 7.60. The monoisotopic (exact) mass is 422 g/mol. The van der Waals surface area contributed by atoms with E-state index in [4.69, 9.17) is 0 Å². The van der Waals surface area contributed by atoms with Crippen LogP contribution in [0.4, 0.5) is 0 Å². The Morgan fingerprint density at radius 1 is 0.633 bits per heavy atom. The van der Waals surface area contributed by atoms with Crippen molar-refractivity contribution in [3.63, 3.8) is 0 Å². The molecule has 158 valence electrons. The molecule has 0 heterocycles. The summed E-state index contributed by atoms with van der Waals surface area (Å²) in [5.74, 6) is 0. The van der Waals surface area contributed by atoms with Gasteiger partial charge in [0.1, 0.15) is 0 Å². The van der Waals surface area contributed by atoms with Gasteiger partial charge in [-0.25, -0.2) is 0 Å². The van der Waals surface area contributed by atoms with E-state index in [1.54, 1.807) is 6.07 Å². The SMILES string of the molecule is CC(C)(C)c1ccccc1-c1ccc(P(=O)(O)O)c(-c2ccccc2C(C)(C)C)c1. The molecule has 0 unspecified atom stereocenters. The summed E-state index contributed by atoms with van der Waals surface area (Å²) in [5, 5.41) is 0.0659. The van der Waals surface area contributed by atoms with Crippen LogP contribution in [0, 0.1) is 0 Å². The fourth-order valence-corrected chi connectivity index (χ4v) is 4.70. The molecule has 0 aliphatic heterocycles. The third kappa shape index (κ3) is 4.59. The van der Waals surface area contributed by atoms with Gasteiger partial charge in [0.05, 0.1) is 5.30 Å². The van der Waals surface area contributed by atoms with E-state index >= 15 is 0 Å². The zero-order valence-electron chi connectivity index (χ0n) is 18.6. The topological polar surface area (TPSA) is 57.5 Å². The van der Waals surface area contributed by atoms with Crippen molar-refractivity contribution in [3.05, 3.63) is 77.9 Å². The number of benzene rings is 3. The van der Waals surface area contributed by atoms with Crippen LogP contribution in [0.2, 0.25) is 0 Å². The Kier molecular flexibility index (Phi) is 5.86. The Morgan fingerprint density at radius 2 is 1.10 bits per heavy atom. The molecule has 0 aliphatic rings. The summed E-state index contributed by atoms with van der Waals surface area (Å²) in [4.78, 5) is 20.2. The van der Waals surface area contributed by atoms with Crippen molar-refractivity contribution < 1.29 is 14.4 Å². The number of hydrogen-bond acceptors (Lipinski definition) is 1. The molecule has 0 amide bonds. The molecule has 3 aromatic rings. The molecule has 0 radical (unpaired) electrons. The molecule has 0 bridgehead atoms. The standard InChI is InChI=1S/C26H31O3P/c1-25(2,3)22-13-9-7-11-19(22)18-15-16-24(30(27,28)29)21(17-18)20-12-8-10-14-23(20)26(4,5)6/h7-17H,1-6H3,(H2,27,28,29). The molecule has 0 spiro atoms. The lowest BCUT2D eigenvalue weighted by Gasteiger charge is -2.26. The zero-order chi connectivity index (χ0) is 22.3. The molecule has 0 aliphatic carbocycles. The van der Waals surface area contributed by atoms with Gasteiger partial charge in [-0.15, -0.1) is 0 Å². The van der Waals surface area contributed by atoms with Crippen molar-refractivity contribution in [2.24, 2.45) is 0 Å². The predicted octanol–water partition coefficient (Wildman–Crippen LogP) is 6.42.